The van der Waals surface area contributed by atoms with E-state index in [0.717, 1.165) is 34.3 Å². The van der Waals surface area contributed by atoms with Crippen LogP contribution in [0.4, 0.5) is 5.13 Å². The summed E-state index contributed by atoms with van der Waals surface area (Å²) >= 11 is 4.18. The number of benzene rings is 1. The van der Waals surface area contributed by atoms with Crippen LogP contribution in [0.25, 0.3) is 10.9 Å². The maximum atomic E-state index is 12.9. The molecule has 0 spiro atoms. The number of thiazole rings is 1. The molecule has 2 N–H and O–H groups in total. The normalized spacial score (nSPS) is 14.2. The van der Waals surface area contributed by atoms with Gasteiger partial charge in [0, 0.05) is 41.5 Å². The second-order valence-corrected chi connectivity index (χ2v) is 11.2. The van der Waals surface area contributed by atoms with Crippen LogP contribution in [-0.2, 0) is 11.2 Å². The lowest BCUT2D eigenvalue weighted by atomic mass is 9.97. The average Bonchev–Trinajstić information content (AvgIpc) is 3.63. The van der Waals surface area contributed by atoms with Gasteiger partial charge in [-0.05, 0) is 24.5 Å². The minimum Gasteiger partial charge on any atom is -0.361 e. The molecule has 35 heavy (non-hydrogen) atoms. The number of hydrogen-bond donors (Lipinski definition) is 2. The highest BCUT2D eigenvalue weighted by Gasteiger charge is 2.27. The molecular weight excluding hydrogens is 501 g/mol. The molecule has 8 nitrogen and oxygen atoms in total. The first-order valence-corrected chi connectivity index (χ1v) is 13.8. The van der Waals surface area contributed by atoms with Crippen LogP contribution in [0.1, 0.15) is 39.8 Å². The standard InChI is InChI=1S/C24H22N6O2S3/c1-2-11-33-24-29-28-23(35-24)27-21(32)19-14-34-22(26-19)15-7-9-30(10-8-15)20(31)12-16-13-25-18-6-4-3-5-17(16)18/h1,3-6,13-15,25H,7-12H2,(H,27,28,32). The zero-order chi connectivity index (χ0) is 24.2. The number of rotatable bonds is 7. The summed E-state index contributed by atoms with van der Waals surface area (Å²) in [7, 11) is 0. The summed E-state index contributed by atoms with van der Waals surface area (Å²) in [5.41, 5.74) is 2.45. The number of amides is 2. The Bertz CT molecular complexity index is 1390. The van der Waals surface area contributed by atoms with E-state index < -0.39 is 0 Å². The number of anilines is 1. The molecule has 0 bridgehead atoms. The first-order chi connectivity index (χ1) is 17.1. The molecule has 3 aromatic heterocycles. The number of likely N-dealkylation sites (tertiary alicyclic amines) is 1. The fraction of sp³-hybridized carbons (Fsp3) is 0.292. The summed E-state index contributed by atoms with van der Waals surface area (Å²) < 4.78 is 0.711. The van der Waals surface area contributed by atoms with Gasteiger partial charge in [0.15, 0.2) is 4.34 Å². The van der Waals surface area contributed by atoms with Crippen molar-refractivity contribution < 1.29 is 9.59 Å². The lowest BCUT2D eigenvalue weighted by Crippen LogP contribution is -2.38. The monoisotopic (exact) mass is 522 g/mol. The first-order valence-electron chi connectivity index (χ1n) is 11.1. The Morgan fingerprint density at radius 3 is 2.91 bits per heavy atom. The first kappa shape index (κ1) is 23.5. The smallest absolute Gasteiger partial charge is 0.276 e. The predicted molar refractivity (Wildman–Crippen MR) is 140 cm³/mol. The van der Waals surface area contributed by atoms with Gasteiger partial charge in [0.25, 0.3) is 5.91 Å². The largest absolute Gasteiger partial charge is 0.361 e. The molecule has 0 radical (unpaired) electrons. The predicted octanol–water partition coefficient (Wildman–Crippen LogP) is 4.40. The van der Waals surface area contributed by atoms with E-state index in [4.69, 9.17) is 6.42 Å². The third-order valence-electron chi connectivity index (χ3n) is 5.87. The number of thioether (sulfide) groups is 1. The molecule has 2 amide bonds. The average molecular weight is 523 g/mol. The Morgan fingerprint density at radius 1 is 1.26 bits per heavy atom. The molecule has 178 valence electrons. The summed E-state index contributed by atoms with van der Waals surface area (Å²) in [5, 5.41) is 15.0. The zero-order valence-electron chi connectivity index (χ0n) is 18.7. The number of aromatic nitrogens is 4. The molecule has 11 heteroatoms. The van der Waals surface area contributed by atoms with Crippen molar-refractivity contribution in [3.63, 3.8) is 0 Å². The van der Waals surface area contributed by atoms with Gasteiger partial charge in [0.05, 0.1) is 17.2 Å². The molecule has 0 aliphatic carbocycles. The molecule has 4 aromatic rings. The maximum Gasteiger partial charge on any atom is 0.276 e. The number of terminal acetylenes is 1. The van der Waals surface area contributed by atoms with Gasteiger partial charge in [-0.3, -0.25) is 14.9 Å². The van der Waals surface area contributed by atoms with Crippen LogP contribution in [0.5, 0.6) is 0 Å². The van der Waals surface area contributed by atoms with Crippen molar-refractivity contribution in [2.75, 3.05) is 24.2 Å². The van der Waals surface area contributed by atoms with Gasteiger partial charge >= 0.3 is 0 Å². The lowest BCUT2D eigenvalue weighted by molar-refractivity contribution is -0.131. The zero-order valence-corrected chi connectivity index (χ0v) is 21.1. The second-order valence-electron chi connectivity index (χ2n) is 8.08. The molecule has 1 saturated heterocycles. The minimum absolute atomic E-state index is 0.143. The van der Waals surface area contributed by atoms with Gasteiger partial charge < -0.3 is 9.88 Å². The Hall–Kier alpha value is -3.20. The number of nitrogens with zero attached hydrogens (tertiary/aromatic N) is 4. The quantitative estimate of drug-likeness (QED) is 0.212. The topological polar surface area (TPSA) is 104 Å². The molecule has 0 unspecified atom stereocenters. The highest BCUT2D eigenvalue weighted by atomic mass is 32.2. The number of para-hydroxylation sites is 1. The lowest BCUT2D eigenvalue weighted by Gasteiger charge is -2.31. The van der Waals surface area contributed by atoms with Crippen LogP contribution in [0.3, 0.4) is 0 Å². The summed E-state index contributed by atoms with van der Waals surface area (Å²) in [6, 6.07) is 8.03. The van der Waals surface area contributed by atoms with E-state index in [-0.39, 0.29) is 17.7 Å². The maximum absolute atomic E-state index is 12.9. The van der Waals surface area contributed by atoms with Gasteiger partial charge in [-0.1, -0.05) is 47.2 Å². The Balaban J connectivity index is 1.14. The van der Waals surface area contributed by atoms with Crippen molar-refractivity contribution >= 4 is 62.3 Å². The van der Waals surface area contributed by atoms with Crippen LogP contribution < -0.4 is 5.32 Å². The molecule has 0 saturated carbocycles. The summed E-state index contributed by atoms with van der Waals surface area (Å²) in [4.78, 5) is 35.2. The van der Waals surface area contributed by atoms with E-state index in [1.54, 1.807) is 5.38 Å². The van der Waals surface area contributed by atoms with Crippen LogP contribution in [0.2, 0.25) is 0 Å². The highest BCUT2D eigenvalue weighted by molar-refractivity contribution is 8.01. The molecule has 1 fully saturated rings. The molecule has 5 rings (SSSR count). The number of piperidine rings is 1. The number of nitrogens with one attached hydrogen (secondary N) is 2. The second kappa shape index (κ2) is 10.6. The Labute approximate surface area is 214 Å². The number of fused-ring (bicyclic) bond motifs is 1. The fourth-order valence-corrected chi connectivity index (χ4v) is 6.49. The number of carbonyl (C=O) groups excluding carboxylic acids is 2. The van der Waals surface area contributed by atoms with Gasteiger partial charge in [0.1, 0.15) is 5.69 Å². The van der Waals surface area contributed by atoms with E-state index in [1.807, 2.05) is 35.4 Å². The SMILES string of the molecule is C#CCSc1nnc(NC(=O)c2csc(C3CCN(C(=O)Cc4c[nH]c5ccccc45)CC3)n2)s1. The van der Waals surface area contributed by atoms with Gasteiger partial charge in [-0.15, -0.1) is 28.0 Å². The van der Waals surface area contributed by atoms with E-state index in [2.05, 4.69) is 31.4 Å². The van der Waals surface area contributed by atoms with Crippen molar-refractivity contribution in [3.8, 4) is 12.3 Å². The van der Waals surface area contributed by atoms with Crippen LogP contribution in [0, 0.1) is 12.3 Å². The van der Waals surface area contributed by atoms with E-state index in [9.17, 15) is 9.59 Å². The van der Waals surface area contributed by atoms with Crippen molar-refractivity contribution in [1.82, 2.24) is 25.1 Å². The van der Waals surface area contributed by atoms with E-state index in [1.165, 1.54) is 34.4 Å². The Morgan fingerprint density at radius 2 is 2.09 bits per heavy atom. The van der Waals surface area contributed by atoms with Crippen molar-refractivity contribution in [1.29, 1.82) is 0 Å². The molecule has 1 aromatic carbocycles. The van der Waals surface area contributed by atoms with Crippen molar-refractivity contribution in [2.24, 2.45) is 0 Å². The van der Waals surface area contributed by atoms with Crippen molar-refractivity contribution in [2.45, 2.75) is 29.5 Å². The molecule has 4 heterocycles. The number of H-pyrrole nitrogens is 1. The number of carbonyl (C=O) groups is 2. The number of hydrogen-bond acceptors (Lipinski definition) is 8. The summed E-state index contributed by atoms with van der Waals surface area (Å²) in [6.07, 6.45) is 9.25. The molecule has 0 atom stereocenters. The number of aromatic amines is 1. The molecular formula is C24H22N6O2S3. The summed E-state index contributed by atoms with van der Waals surface area (Å²) in [5.74, 6) is 3.12. The highest BCUT2D eigenvalue weighted by Crippen LogP contribution is 2.31. The Kier molecular flexibility index (Phi) is 7.13. The van der Waals surface area contributed by atoms with Gasteiger partial charge in [0.2, 0.25) is 11.0 Å². The molecule has 1 aliphatic rings. The third kappa shape index (κ3) is 5.40. The fourth-order valence-electron chi connectivity index (χ4n) is 4.09. The van der Waals surface area contributed by atoms with Crippen molar-refractivity contribution in [3.05, 3.63) is 52.1 Å². The van der Waals surface area contributed by atoms with Crippen LogP contribution >= 0.6 is 34.4 Å². The van der Waals surface area contributed by atoms with Crippen LogP contribution in [-0.4, -0.2) is 55.7 Å². The van der Waals surface area contributed by atoms with Gasteiger partial charge in [-0.2, -0.15) is 0 Å². The van der Waals surface area contributed by atoms with E-state index in [0.29, 0.717) is 40.4 Å². The van der Waals surface area contributed by atoms with Crippen LogP contribution in [0.15, 0.2) is 40.2 Å². The van der Waals surface area contributed by atoms with Gasteiger partial charge in [-0.25, -0.2) is 4.98 Å². The minimum atomic E-state index is -0.302. The molecule has 1 aliphatic heterocycles. The van der Waals surface area contributed by atoms with E-state index >= 15 is 0 Å². The third-order valence-corrected chi connectivity index (χ3v) is 8.76. The summed E-state index contributed by atoms with van der Waals surface area (Å²) in [6.45, 7) is 1.38.